The molecule has 3 aliphatic rings. The minimum absolute atomic E-state index is 0. The summed E-state index contributed by atoms with van der Waals surface area (Å²) >= 11 is 3.56. The summed E-state index contributed by atoms with van der Waals surface area (Å²) in [6.45, 7) is 0. The molecule has 122 heavy (non-hydrogen) atoms. The zero-order chi connectivity index (χ0) is 80.5. The maximum atomic E-state index is 4.74. The number of para-hydroxylation sites is 4. The summed E-state index contributed by atoms with van der Waals surface area (Å²) in [7, 11) is 0. The molecule has 21 aromatic rings. The van der Waals surface area contributed by atoms with Gasteiger partial charge in [0.15, 0.2) is 0 Å². The largest absolute Gasteiger partial charge is 2.00 e. The Labute approximate surface area is 729 Å². The number of anilines is 2. The van der Waals surface area contributed by atoms with E-state index in [1.807, 2.05) is 128 Å². The normalized spacial score (nSPS) is 13.2. The van der Waals surface area contributed by atoms with Crippen molar-refractivity contribution < 1.29 is 21.1 Å². The van der Waals surface area contributed by atoms with Gasteiger partial charge in [-0.2, -0.15) is 18.2 Å². The van der Waals surface area contributed by atoms with Gasteiger partial charge in [-0.15, -0.1) is 45.8 Å². The van der Waals surface area contributed by atoms with Crippen LogP contribution in [0.4, 0.5) is 11.4 Å². The number of rotatable bonds is 8. The molecule has 24 rings (SSSR count). The zero-order valence-electron chi connectivity index (χ0n) is 65.8. The van der Waals surface area contributed by atoms with Crippen molar-refractivity contribution in [3.05, 3.63) is 472 Å². The zero-order valence-corrected chi connectivity index (χ0v) is 69.6. The summed E-state index contributed by atoms with van der Waals surface area (Å²) in [6.07, 6.45) is 24.3. The van der Waals surface area contributed by atoms with Crippen LogP contribution in [0.1, 0.15) is 78.6 Å². The molecular weight excluding hydrogens is 1740 g/mol. The van der Waals surface area contributed by atoms with Gasteiger partial charge in [0.25, 0.3) is 0 Å². The van der Waals surface area contributed by atoms with Gasteiger partial charge < -0.3 is 14.9 Å². The van der Waals surface area contributed by atoms with Crippen molar-refractivity contribution in [3.8, 4) is 51.2 Å². The van der Waals surface area contributed by atoms with Crippen molar-refractivity contribution in [2.45, 2.75) is 11.8 Å². The standard InChI is InChI=1S/C37H25N3.C37H23N3.C19H14N2.C17H11BrN2.Pt/c2*1-2-10-29-25(9-1)15-16-26-17-18-27(33-12-5-7-21-38-33)23-32(26)37(29)28-19-20-31-30-11-3-4-13-34(30)40(35(31)24-28)36-14-6-8-22-39-36;1-2-7-18-14(5-1)8-9-15-10-11-16(13-19(15)21-18)17-6-3-4-12-20-17;18-12-8-9-14-13-5-1-2-6-15(13)20(16(14)11-12)17-7-3-4-10-19-17;/h1-24,37H;1-22,37H;1-13,21H;1-11H;/q;-2;;;+2. The average Bonchev–Trinajstić information content (AvgIpc) is 1.67. The van der Waals surface area contributed by atoms with E-state index in [0.717, 1.165) is 111 Å². The maximum absolute atomic E-state index is 4.74. The van der Waals surface area contributed by atoms with Gasteiger partial charge in [0.1, 0.15) is 17.5 Å². The predicted octanol–water partition coefficient (Wildman–Crippen LogP) is 27.3. The monoisotopic (exact) mass is 1810 g/mol. The predicted molar refractivity (Wildman–Crippen MR) is 501 cm³/mol. The smallest absolute Gasteiger partial charge is 0.355 e. The van der Waals surface area contributed by atoms with Crippen LogP contribution in [0, 0.1) is 12.1 Å². The molecule has 1 aliphatic heterocycles. The summed E-state index contributed by atoms with van der Waals surface area (Å²) in [5.41, 5.74) is 29.7. The Morgan fingerprint density at radius 2 is 0.705 bits per heavy atom. The van der Waals surface area contributed by atoms with Crippen molar-refractivity contribution in [3.63, 3.8) is 0 Å². The van der Waals surface area contributed by atoms with Gasteiger partial charge >= 0.3 is 21.1 Å². The second-order valence-corrected chi connectivity index (χ2v) is 31.0. The number of hydrogen-bond acceptors (Lipinski definition) is 7. The Morgan fingerprint density at radius 1 is 0.279 bits per heavy atom. The Kier molecular flexibility index (Phi) is 20.8. The molecule has 0 saturated heterocycles. The van der Waals surface area contributed by atoms with Crippen molar-refractivity contribution in [1.29, 1.82) is 0 Å². The second kappa shape index (κ2) is 33.5. The number of halogens is 1. The van der Waals surface area contributed by atoms with E-state index in [1.54, 1.807) is 0 Å². The van der Waals surface area contributed by atoms with E-state index in [-0.39, 0.29) is 32.9 Å². The Bertz CT molecular complexity index is 7270. The summed E-state index contributed by atoms with van der Waals surface area (Å²) in [5.74, 6) is 2.76. The number of hydrogen-bond donors (Lipinski definition) is 1. The summed E-state index contributed by atoms with van der Waals surface area (Å²) in [6, 6.07) is 130. The van der Waals surface area contributed by atoms with Crippen LogP contribution < -0.4 is 5.32 Å². The van der Waals surface area contributed by atoms with Crippen LogP contribution in [0.3, 0.4) is 0 Å². The van der Waals surface area contributed by atoms with E-state index < -0.39 is 0 Å². The van der Waals surface area contributed by atoms with Crippen LogP contribution in [0.25, 0.3) is 153 Å². The van der Waals surface area contributed by atoms with Gasteiger partial charge in [0.05, 0.1) is 33.5 Å². The van der Waals surface area contributed by atoms with Crippen LogP contribution in [0.15, 0.2) is 394 Å². The minimum Gasteiger partial charge on any atom is -0.355 e. The van der Waals surface area contributed by atoms with Crippen LogP contribution >= 0.6 is 15.9 Å². The van der Waals surface area contributed by atoms with E-state index in [0.29, 0.717) is 0 Å². The molecule has 2 aliphatic carbocycles. The molecule has 2 atom stereocenters. The molecule has 10 heterocycles. The van der Waals surface area contributed by atoms with Gasteiger partial charge in [-0.25, -0.2) is 15.0 Å². The van der Waals surface area contributed by atoms with Crippen molar-refractivity contribution in [1.82, 2.24) is 43.6 Å². The van der Waals surface area contributed by atoms with E-state index >= 15 is 0 Å². The number of benzene rings is 12. The second-order valence-electron chi connectivity index (χ2n) is 30.1. The Hall–Kier alpha value is -14.9. The minimum atomic E-state index is -0.0514. The third kappa shape index (κ3) is 14.5. The van der Waals surface area contributed by atoms with Crippen molar-refractivity contribution in [2.24, 2.45) is 0 Å². The van der Waals surface area contributed by atoms with E-state index in [2.05, 4.69) is 364 Å². The quantitative estimate of drug-likeness (QED) is 0.151. The van der Waals surface area contributed by atoms with Crippen molar-refractivity contribution in [2.75, 3.05) is 5.32 Å². The first-order chi connectivity index (χ1) is 59.9. The van der Waals surface area contributed by atoms with Crippen molar-refractivity contribution >= 4 is 129 Å². The topological polar surface area (TPSA) is 104 Å². The van der Waals surface area contributed by atoms with Crippen LogP contribution in [0.5, 0.6) is 0 Å². The van der Waals surface area contributed by atoms with Crippen LogP contribution in [0.2, 0.25) is 0 Å². The van der Waals surface area contributed by atoms with E-state index in [1.165, 1.54) is 88.0 Å². The molecule has 0 fully saturated rings. The van der Waals surface area contributed by atoms with Gasteiger partial charge in [-0.1, -0.05) is 264 Å². The molecule has 0 amide bonds. The molecule has 0 radical (unpaired) electrons. The van der Waals surface area contributed by atoms with E-state index in [4.69, 9.17) is 9.97 Å². The van der Waals surface area contributed by atoms with Crippen LogP contribution in [-0.2, 0) is 21.1 Å². The summed E-state index contributed by atoms with van der Waals surface area (Å²) in [4.78, 5) is 27.6. The average molecular weight is 1810 g/mol. The maximum Gasteiger partial charge on any atom is 2.00 e. The molecule has 12 aromatic carbocycles. The van der Waals surface area contributed by atoms with Gasteiger partial charge in [0.2, 0.25) is 0 Å². The molecule has 0 spiro atoms. The summed E-state index contributed by atoms with van der Waals surface area (Å²) < 4.78 is 7.80. The first kappa shape index (κ1) is 75.8. The molecule has 1 N–H and O–H groups in total. The third-order valence-corrected chi connectivity index (χ3v) is 23.5. The fraction of sp³-hybridized carbons (Fsp3) is 0.0182. The third-order valence-electron chi connectivity index (χ3n) is 23.0. The SMILES string of the molecule is Brc1ccc2c3ccccc3n(-c3ccccn3)c2c1.C1=Cc2ccc(-c3ccccn3)cc2C(c2ccc3c4ccccc4n(-c4ccccn4)c3c2)c2ccccc21.C1=Cc2ccc(-c3ccccn3)cc2Nc2ccccc21.[Pt+2].[c-]1c(-c2ccccn2)ccc2c1C(c1[c-]c3c(cc1)c1ccccc1n3-c1ccccn1)c1ccccc1C=C2. The fourth-order valence-corrected chi connectivity index (χ4v) is 17.8. The first-order valence-corrected chi connectivity index (χ1v) is 41.3. The molecule has 10 nitrogen and oxygen atoms in total. The molecule has 9 aromatic heterocycles. The molecule has 580 valence electrons. The number of nitrogens with one attached hydrogen (secondary N) is 1. The van der Waals surface area contributed by atoms with Gasteiger partial charge in [-0.05, 0) is 188 Å². The Balaban J connectivity index is 0.000000108. The van der Waals surface area contributed by atoms with E-state index in [9.17, 15) is 0 Å². The van der Waals surface area contributed by atoms with Gasteiger partial charge in [-0.3, -0.25) is 19.1 Å². The molecule has 0 bridgehead atoms. The number of aromatic nitrogens is 9. The summed E-state index contributed by atoms with van der Waals surface area (Å²) in [5, 5.41) is 10.8. The number of nitrogens with zero attached hydrogens (tertiary/aromatic N) is 9. The molecule has 2 unspecified atom stereocenters. The Morgan fingerprint density at radius 3 is 1.30 bits per heavy atom. The van der Waals surface area contributed by atoms with Crippen LogP contribution in [-0.4, -0.2) is 43.6 Å². The molecule has 12 heteroatoms. The number of fused-ring (bicyclic) bond motifs is 15. The molecular formula is C110H73BrN10Pt. The molecule has 0 saturated carbocycles. The fourth-order valence-electron chi connectivity index (χ4n) is 17.4. The first-order valence-electron chi connectivity index (χ1n) is 40.5. The number of pyridine rings is 6. The van der Waals surface area contributed by atoms with Gasteiger partial charge in [0, 0.05) is 97.1 Å².